The first-order valence-corrected chi connectivity index (χ1v) is 9.64. The Balaban J connectivity index is 1.71. The van der Waals surface area contributed by atoms with Gasteiger partial charge in [0, 0.05) is 18.7 Å². The molecule has 0 aliphatic carbocycles. The van der Waals surface area contributed by atoms with Crippen LogP contribution in [0.1, 0.15) is 26.7 Å². The maximum absolute atomic E-state index is 12.6. The van der Waals surface area contributed by atoms with Crippen LogP contribution in [0, 0.1) is 5.92 Å². The molecule has 25 heavy (non-hydrogen) atoms. The molecule has 1 amide bonds. The van der Waals surface area contributed by atoms with Gasteiger partial charge in [-0.15, -0.1) is 10.2 Å². The number of piperidine rings is 1. The van der Waals surface area contributed by atoms with Crippen molar-refractivity contribution in [2.24, 2.45) is 5.92 Å². The van der Waals surface area contributed by atoms with Crippen LogP contribution >= 0.6 is 23.4 Å². The third-order valence-corrected chi connectivity index (χ3v) is 5.88. The molecule has 8 heteroatoms. The summed E-state index contributed by atoms with van der Waals surface area (Å²) in [7, 11) is 0. The molecule has 134 valence electrons. The zero-order chi connectivity index (χ0) is 18.0. The lowest BCUT2D eigenvalue weighted by Crippen LogP contribution is -2.41. The van der Waals surface area contributed by atoms with Crippen LogP contribution in [-0.4, -0.2) is 44.0 Å². The number of benzene rings is 1. The summed E-state index contributed by atoms with van der Waals surface area (Å²) in [6, 6.07) is 7.33. The van der Waals surface area contributed by atoms with Gasteiger partial charge >= 0.3 is 0 Å². The molecule has 0 radical (unpaired) electrons. The van der Waals surface area contributed by atoms with Gasteiger partial charge in [-0.2, -0.15) is 0 Å². The van der Waals surface area contributed by atoms with Gasteiger partial charge in [0.1, 0.15) is 0 Å². The number of hydrogen-bond donors (Lipinski definition) is 1. The monoisotopic (exact) mass is 379 g/mol. The summed E-state index contributed by atoms with van der Waals surface area (Å²) in [6.07, 6.45) is 2.12. The highest BCUT2D eigenvalue weighted by molar-refractivity contribution is 8.00. The van der Waals surface area contributed by atoms with Gasteiger partial charge in [0.2, 0.25) is 11.1 Å². The van der Waals surface area contributed by atoms with Crippen LogP contribution in [-0.2, 0) is 4.79 Å². The first kappa shape index (κ1) is 18.1. The Bertz CT molecular complexity index is 757. The summed E-state index contributed by atoms with van der Waals surface area (Å²) in [5, 5.41) is 9.07. The van der Waals surface area contributed by atoms with E-state index in [0.717, 1.165) is 31.5 Å². The summed E-state index contributed by atoms with van der Waals surface area (Å²) < 4.78 is 1.40. The highest BCUT2D eigenvalue weighted by Crippen LogP contribution is 2.29. The number of amides is 1. The summed E-state index contributed by atoms with van der Waals surface area (Å²) in [6.45, 7) is 5.76. The van der Waals surface area contributed by atoms with Gasteiger partial charge in [-0.3, -0.25) is 4.79 Å². The number of nitrogens with two attached hydrogens (primary N) is 1. The number of nitrogen functional groups attached to an aromatic ring is 1. The molecule has 1 fully saturated rings. The number of aromatic nitrogens is 3. The Labute approximate surface area is 156 Å². The minimum absolute atomic E-state index is 0.124. The Morgan fingerprint density at radius 2 is 2.00 bits per heavy atom. The second-order valence-electron chi connectivity index (χ2n) is 6.42. The lowest BCUT2D eigenvalue weighted by atomic mass is 9.99. The zero-order valence-electron chi connectivity index (χ0n) is 14.4. The van der Waals surface area contributed by atoms with E-state index in [2.05, 4.69) is 17.1 Å². The van der Waals surface area contributed by atoms with Crippen LogP contribution < -0.4 is 5.84 Å². The second-order valence-corrected chi connectivity index (χ2v) is 8.14. The Morgan fingerprint density at radius 3 is 2.68 bits per heavy atom. The molecule has 6 nitrogen and oxygen atoms in total. The maximum atomic E-state index is 12.6. The maximum Gasteiger partial charge on any atom is 0.235 e. The third kappa shape index (κ3) is 3.93. The largest absolute Gasteiger partial charge is 0.342 e. The fourth-order valence-corrected chi connectivity index (χ4v) is 3.95. The highest BCUT2D eigenvalue weighted by atomic mass is 35.5. The van der Waals surface area contributed by atoms with E-state index in [0.29, 0.717) is 21.9 Å². The van der Waals surface area contributed by atoms with Crippen LogP contribution in [0.15, 0.2) is 29.4 Å². The molecule has 1 aliphatic heterocycles. The van der Waals surface area contributed by atoms with Gasteiger partial charge in [-0.25, -0.2) is 4.68 Å². The number of halogens is 1. The molecule has 2 N–H and O–H groups in total. The van der Waals surface area contributed by atoms with E-state index in [1.807, 2.05) is 30.0 Å². The Hall–Kier alpha value is -1.73. The van der Waals surface area contributed by atoms with E-state index >= 15 is 0 Å². The van der Waals surface area contributed by atoms with Crippen LogP contribution in [0.4, 0.5) is 0 Å². The van der Waals surface area contributed by atoms with Crippen LogP contribution in [0.5, 0.6) is 0 Å². The molecule has 1 aromatic carbocycles. The Kier molecular flexibility index (Phi) is 5.54. The number of likely N-dealkylation sites (tertiary alicyclic amines) is 1. The molecule has 2 heterocycles. The molecule has 1 aromatic heterocycles. The summed E-state index contributed by atoms with van der Waals surface area (Å²) in [5.41, 5.74) is 0.718. The van der Waals surface area contributed by atoms with Crippen molar-refractivity contribution in [1.29, 1.82) is 0 Å². The number of carbonyl (C=O) groups excluding carboxylic acids is 1. The number of thioether (sulfide) groups is 1. The van der Waals surface area contributed by atoms with Crippen molar-refractivity contribution in [3.63, 3.8) is 0 Å². The molecule has 1 aliphatic rings. The lowest BCUT2D eigenvalue weighted by molar-refractivity contribution is -0.131. The van der Waals surface area contributed by atoms with Gasteiger partial charge < -0.3 is 10.7 Å². The predicted octanol–water partition coefficient (Wildman–Crippen LogP) is 3.05. The smallest absolute Gasteiger partial charge is 0.235 e. The normalized spacial score (nSPS) is 16.8. The lowest BCUT2D eigenvalue weighted by Gasteiger charge is -2.31. The minimum atomic E-state index is -0.265. The molecule has 0 spiro atoms. The predicted molar refractivity (Wildman–Crippen MR) is 101 cm³/mol. The minimum Gasteiger partial charge on any atom is -0.342 e. The first-order chi connectivity index (χ1) is 12.0. The average Bonchev–Trinajstić information content (AvgIpc) is 2.96. The number of nitrogens with zero attached hydrogens (tertiary/aromatic N) is 4. The molecule has 2 aromatic rings. The molecule has 0 bridgehead atoms. The standard InChI is InChI=1S/C17H22ClN5OS/c1-11-7-9-22(10-8-11)16(24)12(2)25-17-21-20-15(23(17)19)13-5-3-4-6-14(13)18/h3-6,11-12H,7-10,19H2,1-2H3. The van der Waals surface area contributed by atoms with Crippen molar-refractivity contribution < 1.29 is 4.79 Å². The van der Waals surface area contributed by atoms with E-state index in [1.54, 1.807) is 6.07 Å². The van der Waals surface area contributed by atoms with E-state index in [4.69, 9.17) is 17.4 Å². The van der Waals surface area contributed by atoms with Crippen molar-refractivity contribution in [1.82, 2.24) is 19.8 Å². The average molecular weight is 380 g/mol. The van der Waals surface area contributed by atoms with Crippen molar-refractivity contribution >= 4 is 29.3 Å². The second kappa shape index (κ2) is 7.66. The van der Waals surface area contributed by atoms with Crippen LogP contribution in [0.25, 0.3) is 11.4 Å². The van der Waals surface area contributed by atoms with E-state index in [-0.39, 0.29) is 11.2 Å². The van der Waals surface area contributed by atoms with Gasteiger partial charge in [0.15, 0.2) is 5.82 Å². The number of carbonyl (C=O) groups is 1. The molecular formula is C17H22ClN5OS. The first-order valence-electron chi connectivity index (χ1n) is 8.38. The Morgan fingerprint density at radius 1 is 1.32 bits per heavy atom. The van der Waals surface area contributed by atoms with Gasteiger partial charge in [0.05, 0.1) is 10.3 Å². The SMILES string of the molecule is CC1CCN(C(=O)C(C)Sc2nnc(-c3ccccc3Cl)n2N)CC1. The van der Waals surface area contributed by atoms with Gasteiger partial charge in [0.25, 0.3) is 0 Å². The van der Waals surface area contributed by atoms with E-state index in [1.165, 1.54) is 16.4 Å². The molecule has 0 saturated carbocycles. The van der Waals surface area contributed by atoms with Crippen LogP contribution in [0.2, 0.25) is 5.02 Å². The fraction of sp³-hybridized carbons (Fsp3) is 0.471. The fourth-order valence-electron chi connectivity index (χ4n) is 2.88. The number of hydrogen-bond acceptors (Lipinski definition) is 5. The highest BCUT2D eigenvalue weighted by Gasteiger charge is 2.27. The molecule has 1 saturated heterocycles. The van der Waals surface area contributed by atoms with Gasteiger partial charge in [-0.05, 0) is 37.8 Å². The van der Waals surface area contributed by atoms with Crippen molar-refractivity contribution in [3.05, 3.63) is 29.3 Å². The van der Waals surface area contributed by atoms with E-state index in [9.17, 15) is 4.79 Å². The molecular weight excluding hydrogens is 358 g/mol. The molecule has 3 rings (SSSR count). The summed E-state index contributed by atoms with van der Waals surface area (Å²) >= 11 is 7.53. The van der Waals surface area contributed by atoms with Crippen molar-refractivity contribution in [3.8, 4) is 11.4 Å². The zero-order valence-corrected chi connectivity index (χ0v) is 15.9. The molecule has 1 atom stereocenters. The summed E-state index contributed by atoms with van der Waals surface area (Å²) in [5.74, 6) is 7.44. The van der Waals surface area contributed by atoms with E-state index < -0.39 is 0 Å². The topological polar surface area (TPSA) is 77.0 Å². The van der Waals surface area contributed by atoms with Crippen molar-refractivity contribution in [2.45, 2.75) is 37.1 Å². The molecule has 1 unspecified atom stereocenters. The quantitative estimate of drug-likeness (QED) is 0.652. The van der Waals surface area contributed by atoms with Crippen molar-refractivity contribution in [2.75, 3.05) is 18.9 Å². The number of rotatable bonds is 4. The van der Waals surface area contributed by atoms with Crippen LogP contribution in [0.3, 0.4) is 0 Å². The van der Waals surface area contributed by atoms with Gasteiger partial charge in [-0.1, -0.05) is 42.4 Å². The third-order valence-electron chi connectivity index (χ3n) is 4.50. The summed E-state index contributed by atoms with van der Waals surface area (Å²) in [4.78, 5) is 14.6.